The predicted octanol–water partition coefficient (Wildman–Crippen LogP) is 2.77. The molecule has 2 rings (SSSR count). The second kappa shape index (κ2) is 4.67. The maximum Gasteiger partial charge on any atom is 0.290 e. The minimum atomic E-state index is -2.94. The van der Waals surface area contributed by atoms with Crippen LogP contribution in [0.15, 0.2) is 48.7 Å². The summed E-state index contributed by atoms with van der Waals surface area (Å²) in [5.74, 6) is -2.94. The van der Waals surface area contributed by atoms with Crippen LogP contribution in [0.4, 0.5) is 8.78 Å². The van der Waals surface area contributed by atoms with Crippen LogP contribution in [0.5, 0.6) is 0 Å². The number of aromatic nitrogens is 1. The van der Waals surface area contributed by atoms with Gasteiger partial charge in [0.15, 0.2) is 0 Å². The van der Waals surface area contributed by atoms with Gasteiger partial charge in [-0.05, 0) is 12.1 Å². The lowest BCUT2D eigenvalue weighted by molar-refractivity contribution is -0.0233. The highest BCUT2D eigenvalue weighted by Crippen LogP contribution is 2.30. The smallest absolute Gasteiger partial charge is 0.290 e. The number of halogens is 2. The molecule has 1 N–H and O–H groups in total. The van der Waals surface area contributed by atoms with Gasteiger partial charge in [-0.2, -0.15) is 8.78 Å². The van der Waals surface area contributed by atoms with Crippen LogP contribution in [-0.4, -0.2) is 9.67 Å². The first-order valence-corrected chi connectivity index (χ1v) is 5.32. The molecule has 1 heterocycles. The lowest BCUT2D eigenvalue weighted by Crippen LogP contribution is -2.22. The molecule has 90 valence electrons. The highest BCUT2D eigenvalue weighted by molar-refractivity contribution is 5.20. The Morgan fingerprint density at radius 2 is 1.76 bits per heavy atom. The molecular weight excluding hydrogens is 224 g/mol. The Kier molecular flexibility index (Phi) is 3.24. The first-order valence-electron chi connectivity index (χ1n) is 5.32. The molecule has 0 saturated heterocycles. The molecule has 1 aromatic heterocycles. The zero-order chi connectivity index (χ0) is 12.3. The number of hydrogen-bond donors (Lipinski definition) is 1. The van der Waals surface area contributed by atoms with Crippen LogP contribution in [0.3, 0.4) is 0 Å². The number of hydrogen-bond acceptors (Lipinski definition) is 1. The molecule has 0 radical (unpaired) electrons. The molecule has 0 spiro atoms. The maximum atomic E-state index is 13.9. The van der Waals surface area contributed by atoms with E-state index in [1.807, 2.05) is 0 Å². The van der Waals surface area contributed by atoms with Crippen molar-refractivity contribution >= 4 is 0 Å². The fourth-order valence-corrected chi connectivity index (χ4v) is 1.73. The Hall–Kier alpha value is -1.68. The average Bonchev–Trinajstić information content (AvgIpc) is 2.77. The van der Waals surface area contributed by atoms with Gasteiger partial charge in [-0.1, -0.05) is 30.3 Å². The summed E-state index contributed by atoms with van der Waals surface area (Å²) in [6.45, 7) is -0.697. The zero-order valence-electron chi connectivity index (χ0n) is 9.18. The summed E-state index contributed by atoms with van der Waals surface area (Å²) in [4.78, 5) is 0. The van der Waals surface area contributed by atoms with E-state index in [1.54, 1.807) is 36.5 Å². The molecule has 0 aliphatic carbocycles. The standard InChI is InChI=1S/C13H13F2NO/c14-13(15,11-5-2-1-3-6-11)10-16-8-4-7-12(16)9-17/h1-8,17H,9-10H2. The van der Waals surface area contributed by atoms with Gasteiger partial charge in [-0.25, -0.2) is 0 Å². The lowest BCUT2D eigenvalue weighted by Gasteiger charge is -2.18. The molecule has 1 aromatic carbocycles. The van der Waals surface area contributed by atoms with Crippen molar-refractivity contribution in [1.29, 1.82) is 0 Å². The molecule has 0 fully saturated rings. The first-order chi connectivity index (χ1) is 8.13. The lowest BCUT2D eigenvalue weighted by atomic mass is 10.1. The Morgan fingerprint density at radius 1 is 1.06 bits per heavy atom. The van der Waals surface area contributed by atoms with Gasteiger partial charge in [0.1, 0.15) is 0 Å². The van der Waals surface area contributed by atoms with Crippen LogP contribution in [0, 0.1) is 0 Å². The Bertz CT molecular complexity index is 479. The van der Waals surface area contributed by atoms with E-state index in [0.717, 1.165) is 0 Å². The van der Waals surface area contributed by atoms with Crippen molar-refractivity contribution in [3.05, 3.63) is 59.9 Å². The maximum absolute atomic E-state index is 13.9. The monoisotopic (exact) mass is 237 g/mol. The van der Waals surface area contributed by atoms with Gasteiger partial charge in [0.25, 0.3) is 5.92 Å². The average molecular weight is 237 g/mol. The third-order valence-electron chi connectivity index (χ3n) is 2.65. The number of nitrogens with zero attached hydrogens (tertiary/aromatic N) is 1. The molecule has 2 nitrogen and oxygen atoms in total. The third-order valence-corrected chi connectivity index (χ3v) is 2.65. The summed E-state index contributed by atoms with van der Waals surface area (Å²) >= 11 is 0. The predicted molar refractivity (Wildman–Crippen MR) is 60.7 cm³/mol. The van der Waals surface area contributed by atoms with Crippen LogP contribution < -0.4 is 0 Å². The number of aliphatic hydroxyl groups excluding tert-OH is 1. The number of alkyl halides is 2. The van der Waals surface area contributed by atoms with Crippen molar-refractivity contribution in [1.82, 2.24) is 4.57 Å². The molecule has 0 amide bonds. The Balaban J connectivity index is 2.23. The van der Waals surface area contributed by atoms with Crippen molar-refractivity contribution in [2.24, 2.45) is 0 Å². The molecule has 0 bridgehead atoms. The van der Waals surface area contributed by atoms with Gasteiger partial charge >= 0.3 is 0 Å². The van der Waals surface area contributed by atoms with E-state index >= 15 is 0 Å². The minimum absolute atomic E-state index is 0.0161. The van der Waals surface area contributed by atoms with E-state index < -0.39 is 12.5 Å². The minimum Gasteiger partial charge on any atom is -0.390 e. The molecular formula is C13H13F2NO. The summed E-state index contributed by atoms with van der Waals surface area (Å²) < 4.78 is 29.2. The highest BCUT2D eigenvalue weighted by Gasteiger charge is 2.32. The van der Waals surface area contributed by atoms with Crippen molar-refractivity contribution in [3.63, 3.8) is 0 Å². The first kappa shape index (κ1) is 11.8. The normalized spacial score (nSPS) is 11.7. The fraction of sp³-hybridized carbons (Fsp3) is 0.231. The fourth-order valence-electron chi connectivity index (χ4n) is 1.73. The molecule has 0 atom stereocenters. The Morgan fingerprint density at radius 3 is 2.41 bits per heavy atom. The molecule has 0 aliphatic heterocycles. The van der Waals surface area contributed by atoms with Gasteiger partial charge in [-0.15, -0.1) is 0 Å². The largest absolute Gasteiger partial charge is 0.390 e. The molecule has 0 unspecified atom stereocenters. The summed E-state index contributed by atoms with van der Waals surface area (Å²) in [7, 11) is 0. The molecule has 2 aromatic rings. The van der Waals surface area contributed by atoms with Gasteiger partial charge in [0, 0.05) is 17.5 Å². The van der Waals surface area contributed by atoms with Crippen molar-refractivity contribution in [2.45, 2.75) is 19.1 Å². The van der Waals surface area contributed by atoms with Gasteiger partial charge in [0.2, 0.25) is 0 Å². The summed E-state index contributed by atoms with van der Waals surface area (Å²) in [5, 5.41) is 9.01. The van der Waals surface area contributed by atoms with E-state index in [1.165, 1.54) is 16.7 Å². The molecule has 0 aliphatic rings. The number of aliphatic hydroxyl groups is 1. The van der Waals surface area contributed by atoms with E-state index in [2.05, 4.69) is 0 Å². The SMILES string of the molecule is OCc1cccn1CC(F)(F)c1ccccc1. The number of benzene rings is 1. The van der Waals surface area contributed by atoms with Crippen LogP contribution >= 0.6 is 0 Å². The van der Waals surface area contributed by atoms with E-state index in [0.29, 0.717) is 5.69 Å². The number of rotatable bonds is 4. The molecule has 4 heteroatoms. The van der Waals surface area contributed by atoms with E-state index in [4.69, 9.17) is 5.11 Å². The van der Waals surface area contributed by atoms with Crippen LogP contribution in [0.1, 0.15) is 11.3 Å². The second-order valence-electron chi connectivity index (χ2n) is 3.86. The summed E-state index contributed by atoms with van der Waals surface area (Å²) in [6, 6.07) is 11.0. The highest BCUT2D eigenvalue weighted by atomic mass is 19.3. The zero-order valence-corrected chi connectivity index (χ0v) is 9.18. The third kappa shape index (κ3) is 2.53. The van der Waals surface area contributed by atoms with Gasteiger partial charge in [0.05, 0.1) is 13.2 Å². The van der Waals surface area contributed by atoms with Crippen molar-refractivity contribution < 1.29 is 13.9 Å². The quantitative estimate of drug-likeness (QED) is 0.869. The van der Waals surface area contributed by atoms with Gasteiger partial charge in [-0.3, -0.25) is 0 Å². The summed E-state index contributed by atoms with van der Waals surface area (Å²) in [6.07, 6.45) is 1.54. The Labute approximate surface area is 98.1 Å². The van der Waals surface area contributed by atoms with Crippen LogP contribution in [0.2, 0.25) is 0 Å². The van der Waals surface area contributed by atoms with Crippen molar-refractivity contribution in [3.8, 4) is 0 Å². The van der Waals surface area contributed by atoms with Crippen LogP contribution in [-0.2, 0) is 19.1 Å². The van der Waals surface area contributed by atoms with E-state index in [-0.39, 0.29) is 12.2 Å². The molecule has 0 saturated carbocycles. The van der Waals surface area contributed by atoms with Gasteiger partial charge < -0.3 is 9.67 Å². The second-order valence-corrected chi connectivity index (χ2v) is 3.86. The van der Waals surface area contributed by atoms with Crippen LogP contribution in [0.25, 0.3) is 0 Å². The van der Waals surface area contributed by atoms with E-state index in [9.17, 15) is 8.78 Å². The summed E-state index contributed by atoms with van der Waals surface area (Å²) in [5.41, 5.74) is 0.471. The molecule has 17 heavy (non-hydrogen) atoms. The topological polar surface area (TPSA) is 25.2 Å². The van der Waals surface area contributed by atoms with Crippen molar-refractivity contribution in [2.75, 3.05) is 0 Å².